The molecule has 0 saturated carbocycles. The number of rotatable bonds is 7. The van der Waals surface area contributed by atoms with Crippen molar-refractivity contribution >= 4 is 33.2 Å². The van der Waals surface area contributed by atoms with E-state index < -0.39 is 0 Å². The molecule has 1 aromatic carbocycles. The van der Waals surface area contributed by atoms with E-state index in [0.717, 1.165) is 29.1 Å². The highest BCUT2D eigenvalue weighted by atomic mass is 79.9. The number of benzene rings is 1. The largest absolute Gasteiger partial charge is 0.493 e. The molecule has 0 aliphatic rings. The second kappa shape index (κ2) is 9.68. The molecule has 1 aromatic heterocycles. The topological polar surface area (TPSA) is 54.9 Å². The lowest BCUT2D eigenvalue weighted by atomic mass is 10.2. The van der Waals surface area contributed by atoms with Crippen LogP contribution in [0.4, 0.5) is 0 Å². The Kier molecular flexibility index (Phi) is 7.58. The van der Waals surface area contributed by atoms with Gasteiger partial charge in [-0.2, -0.15) is 0 Å². The van der Waals surface area contributed by atoms with Crippen LogP contribution >= 0.6 is 27.3 Å². The standard InChI is InChI=1S/C18H24BrN3O2S/c1-5-20-18(22-11-16-12(2)6-7-25-16)21-10-13-8-14(19)17(24-4)15(9-13)23-3/h6-9H,5,10-11H2,1-4H3,(H2,20,21,22). The minimum atomic E-state index is 0.539. The van der Waals surface area contributed by atoms with E-state index >= 15 is 0 Å². The number of hydrogen-bond donors (Lipinski definition) is 2. The molecule has 0 amide bonds. The van der Waals surface area contributed by atoms with E-state index in [1.807, 2.05) is 12.1 Å². The van der Waals surface area contributed by atoms with Gasteiger partial charge in [-0.3, -0.25) is 0 Å². The third-order valence-corrected chi connectivity index (χ3v) is 5.25. The Hall–Kier alpha value is -1.73. The van der Waals surface area contributed by atoms with Crippen LogP contribution in [-0.4, -0.2) is 26.7 Å². The van der Waals surface area contributed by atoms with Gasteiger partial charge in [-0.25, -0.2) is 4.99 Å². The van der Waals surface area contributed by atoms with Crippen molar-refractivity contribution in [1.82, 2.24) is 10.6 Å². The molecule has 0 radical (unpaired) electrons. The fraction of sp³-hybridized carbons (Fsp3) is 0.389. The van der Waals surface area contributed by atoms with Gasteiger partial charge in [0.15, 0.2) is 17.5 Å². The van der Waals surface area contributed by atoms with Crippen molar-refractivity contribution in [3.8, 4) is 11.5 Å². The van der Waals surface area contributed by atoms with Gasteiger partial charge in [0, 0.05) is 11.4 Å². The van der Waals surface area contributed by atoms with Gasteiger partial charge in [-0.15, -0.1) is 11.3 Å². The van der Waals surface area contributed by atoms with Crippen LogP contribution in [-0.2, 0) is 13.1 Å². The molecule has 0 fully saturated rings. The molecule has 2 N–H and O–H groups in total. The first-order valence-corrected chi connectivity index (χ1v) is 9.71. The van der Waals surface area contributed by atoms with E-state index in [9.17, 15) is 0 Å². The van der Waals surface area contributed by atoms with Crippen LogP contribution in [0.25, 0.3) is 0 Å². The Morgan fingerprint density at radius 2 is 2.04 bits per heavy atom. The van der Waals surface area contributed by atoms with Crippen molar-refractivity contribution in [3.05, 3.63) is 44.1 Å². The fourth-order valence-electron chi connectivity index (χ4n) is 2.32. The summed E-state index contributed by atoms with van der Waals surface area (Å²) in [4.78, 5) is 5.99. The second-order valence-corrected chi connectivity index (χ2v) is 7.24. The van der Waals surface area contributed by atoms with Gasteiger partial charge in [-0.05, 0) is 64.5 Å². The number of guanidine groups is 1. The summed E-state index contributed by atoms with van der Waals surface area (Å²) in [5, 5.41) is 8.77. The number of nitrogens with zero attached hydrogens (tertiary/aromatic N) is 1. The van der Waals surface area contributed by atoms with E-state index in [0.29, 0.717) is 18.0 Å². The van der Waals surface area contributed by atoms with Crippen molar-refractivity contribution in [2.45, 2.75) is 26.9 Å². The monoisotopic (exact) mass is 425 g/mol. The smallest absolute Gasteiger partial charge is 0.191 e. The molecule has 1 heterocycles. The Balaban J connectivity index is 2.10. The zero-order chi connectivity index (χ0) is 18.2. The third kappa shape index (κ3) is 5.37. The van der Waals surface area contributed by atoms with Gasteiger partial charge in [0.1, 0.15) is 0 Å². The first-order chi connectivity index (χ1) is 12.1. The van der Waals surface area contributed by atoms with Crippen LogP contribution in [0.5, 0.6) is 11.5 Å². The predicted octanol–water partition coefficient (Wildman–Crippen LogP) is 4.09. The number of hydrogen-bond acceptors (Lipinski definition) is 4. The number of aryl methyl sites for hydroxylation is 1. The molecule has 0 aliphatic carbocycles. The van der Waals surface area contributed by atoms with Crippen molar-refractivity contribution in [3.63, 3.8) is 0 Å². The van der Waals surface area contributed by atoms with Gasteiger partial charge >= 0.3 is 0 Å². The quantitative estimate of drug-likeness (QED) is 0.517. The zero-order valence-electron chi connectivity index (χ0n) is 15.0. The summed E-state index contributed by atoms with van der Waals surface area (Å²) in [6.07, 6.45) is 0. The molecule has 2 aromatic rings. The number of ether oxygens (including phenoxy) is 2. The summed E-state index contributed by atoms with van der Waals surface area (Å²) in [6.45, 7) is 6.30. The summed E-state index contributed by atoms with van der Waals surface area (Å²) in [5.41, 5.74) is 2.34. The van der Waals surface area contributed by atoms with E-state index in [-0.39, 0.29) is 0 Å². The summed E-state index contributed by atoms with van der Waals surface area (Å²) >= 11 is 5.27. The van der Waals surface area contributed by atoms with Crippen molar-refractivity contribution in [2.24, 2.45) is 4.99 Å². The minimum Gasteiger partial charge on any atom is -0.493 e. The van der Waals surface area contributed by atoms with E-state index in [2.05, 4.69) is 56.8 Å². The SMILES string of the molecule is CCNC(=NCc1cc(Br)c(OC)c(OC)c1)NCc1sccc1C. The van der Waals surface area contributed by atoms with Crippen molar-refractivity contribution in [2.75, 3.05) is 20.8 Å². The molecule has 0 unspecified atom stereocenters. The summed E-state index contributed by atoms with van der Waals surface area (Å²) < 4.78 is 11.6. The van der Waals surface area contributed by atoms with Gasteiger partial charge in [-0.1, -0.05) is 0 Å². The summed E-state index contributed by atoms with van der Waals surface area (Å²) in [6, 6.07) is 6.07. The molecule has 7 heteroatoms. The minimum absolute atomic E-state index is 0.539. The van der Waals surface area contributed by atoms with Gasteiger partial charge in [0.2, 0.25) is 0 Å². The number of nitrogens with one attached hydrogen (secondary N) is 2. The van der Waals surface area contributed by atoms with Crippen LogP contribution in [0.15, 0.2) is 33.0 Å². The lowest BCUT2D eigenvalue weighted by Gasteiger charge is -2.13. The maximum Gasteiger partial charge on any atom is 0.191 e. The molecule has 136 valence electrons. The maximum atomic E-state index is 5.39. The number of thiophene rings is 1. The third-order valence-electron chi connectivity index (χ3n) is 3.64. The Morgan fingerprint density at radius 1 is 1.24 bits per heavy atom. The number of methoxy groups -OCH3 is 2. The first kappa shape index (κ1) is 19.6. The number of aliphatic imine (C=N–C) groups is 1. The summed E-state index contributed by atoms with van der Waals surface area (Å²) in [5.74, 6) is 2.17. The zero-order valence-corrected chi connectivity index (χ0v) is 17.4. The molecule has 0 bridgehead atoms. The molecule has 0 aliphatic heterocycles. The molecule has 0 spiro atoms. The van der Waals surface area contributed by atoms with E-state index in [1.54, 1.807) is 25.6 Å². The molecule has 5 nitrogen and oxygen atoms in total. The lowest BCUT2D eigenvalue weighted by molar-refractivity contribution is 0.352. The van der Waals surface area contributed by atoms with E-state index in [4.69, 9.17) is 9.47 Å². The lowest BCUT2D eigenvalue weighted by Crippen LogP contribution is -2.36. The normalized spacial score (nSPS) is 11.3. The first-order valence-electron chi connectivity index (χ1n) is 8.04. The Bertz CT molecular complexity index is 731. The summed E-state index contributed by atoms with van der Waals surface area (Å²) in [7, 11) is 3.26. The fourth-order valence-corrected chi connectivity index (χ4v) is 3.82. The average Bonchev–Trinajstić information content (AvgIpc) is 3.01. The van der Waals surface area contributed by atoms with Crippen molar-refractivity contribution < 1.29 is 9.47 Å². The molecule has 25 heavy (non-hydrogen) atoms. The van der Waals surface area contributed by atoms with Gasteiger partial charge < -0.3 is 20.1 Å². The van der Waals surface area contributed by atoms with Gasteiger partial charge in [0.05, 0.1) is 31.8 Å². The van der Waals surface area contributed by atoms with Crippen LogP contribution in [0.2, 0.25) is 0 Å². The predicted molar refractivity (Wildman–Crippen MR) is 108 cm³/mol. The van der Waals surface area contributed by atoms with Crippen molar-refractivity contribution in [1.29, 1.82) is 0 Å². The second-order valence-electron chi connectivity index (χ2n) is 5.39. The van der Waals surface area contributed by atoms with Crippen LogP contribution in [0, 0.1) is 6.92 Å². The highest BCUT2D eigenvalue weighted by Gasteiger charge is 2.10. The molecule has 0 saturated heterocycles. The van der Waals surface area contributed by atoms with Gasteiger partial charge in [0.25, 0.3) is 0 Å². The Labute approximate surface area is 161 Å². The molecule has 2 rings (SSSR count). The average molecular weight is 426 g/mol. The maximum absolute atomic E-state index is 5.39. The molecular formula is C18H24BrN3O2S. The number of halogens is 1. The highest BCUT2D eigenvalue weighted by Crippen LogP contribution is 2.36. The van der Waals surface area contributed by atoms with Crippen LogP contribution in [0.1, 0.15) is 22.9 Å². The van der Waals surface area contributed by atoms with Crippen LogP contribution < -0.4 is 20.1 Å². The van der Waals surface area contributed by atoms with Crippen LogP contribution in [0.3, 0.4) is 0 Å². The molecular weight excluding hydrogens is 402 g/mol. The highest BCUT2D eigenvalue weighted by molar-refractivity contribution is 9.10. The molecule has 0 atom stereocenters. The Morgan fingerprint density at radius 3 is 2.64 bits per heavy atom. The van der Waals surface area contributed by atoms with E-state index in [1.165, 1.54) is 10.4 Å².